The number of amides is 2. The van der Waals surface area contributed by atoms with Crippen molar-refractivity contribution in [1.29, 1.82) is 0 Å². The van der Waals surface area contributed by atoms with E-state index in [4.69, 9.17) is 9.84 Å². The van der Waals surface area contributed by atoms with Gasteiger partial charge in [-0.1, -0.05) is 48.5 Å². The molecule has 0 spiro atoms. The average Bonchev–Trinajstić information content (AvgIpc) is 3.02. The number of carbonyl (C=O) groups is 3. The second-order valence-electron chi connectivity index (χ2n) is 7.45. The molecule has 0 saturated carbocycles. The average molecular weight is 450 g/mol. The molecule has 32 heavy (non-hydrogen) atoms. The molecule has 0 fully saturated rings. The highest BCUT2D eigenvalue weighted by Crippen LogP contribution is 2.44. The van der Waals surface area contributed by atoms with Crippen molar-refractivity contribution in [2.75, 3.05) is 6.61 Å². The van der Waals surface area contributed by atoms with Gasteiger partial charge in [-0.3, -0.25) is 9.59 Å². The summed E-state index contributed by atoms with van der Waals surface area (Å²) < 4.78 is 45.1. The van der Waals surface area contributed by atoms with Crippen LogP contribution in [0.5, 0.6) is 0 Å². The quantitative estimate of drug-likeness (QED) is 0.600. The fraction of sp³-hybridized carbons (Fsp3) is 0.318. The standard InChI is InChI=1S/C22H21F3N2O5/c1-12(10-18(28)29)26-20(30)19(22(23,24)25)27-21(31)32-11-17-15-8-4-2-6-13(15)14-7-3-5-9-16(14)17/h2-9,12,17,19H,10-11H2,1H3,(H,26,30)(H,27,31)(H,28,29). The van der Waals surface area contributed by atoms with Gasteiger partial charge in [-0.15, -0.1) is 0 Å². The first-order valence-corrected chi connectivity index (χ1v) is 9.78. The van der Waals surface area contributed by atoms with Gasteiger partial charge in [-0.2, -0.15) is 13.2 Å². The Kier molecular flexibility index (Phi) is 6.71. The highest BCUT2D eigenvalue weighted by molar-refractivity contribution is 5.87. The van der Waals surface area contributed by atoms with Crippen LogP contribution in [0, 0.1) is 0 Å². The van der Waals surface area contributed by atoms with Gasteiger partial charge in [-0.05, 0) is 29.2 Å². The summed E-state index contributed by atoms with van der Waals surface area (Å²) >= 11 is 0. The van der Waals surface area contributed by atoms with Crippen LogP contribution in [0.15, 0.2) is 48.5 Å². The number of benzene rings is 2. The monoisotopic (exact) mass is 450 g/mol. The molecule has 1 aliphatic rings. The Morgan fingerprint density at radius 3 is 2.03 bits per heavy atom. The van der Waals surface area contributed by atoms with Crippen LogP contribution >= 0.6 is 0 Å². The van der Waals surface area contributed by atoms with E-state index in [0.717, 1.165) is 22.3 Å². The zero-order chi connectivity index (χ0) is 23.5. The molecule has 7 nitrogen and oxygen atoms in total. The van der Waals surface area contributed by atoms with Crippen molar-refractivity contribution in [3.8, 4) is 11.1 Å². The number of ether oxygens (including phenoxy) is 1. The van der Waals surface area contributed by atoms with Crippen molar-refractivity contribution in [2.24, 2.45) is 0 Å². The number of nitrogens with one attached hydrogen (secondary N) is 2. The molecule has 3 rings (SSSR count). The van der Waals surface area contributed by atoms with Crippen LogP contribution in [-0.2, 0) is 14.3 Å². The molecule has 1 aliphatic carbocycles. The van der Waals surface area contributed by atoms with E-state index in [1.807, 2.05) is 53.8 Å². The van der Waals surface area contributed by atoms with Crippen LogP contribution in [0.25, 0.3) is 11.1 Å². The number of hydrogen-bond donors (Lipinski definition) is 3. The maximum atomic E-state index is 13.3. The summed E-state index contributed by atoms with van der Waals surface area (Å²) in [7, 11) is 0. The number of rotatable bonds is 7. The first-order chi connectivity index (χ1) is 15.1. The van der Waals surface area contributed by atoms with Gasteiger partial charge >= 0.3 is 18.2 Å². The molecule has 0 heterocycles. The van der Waals surface area contributed by atoms with Crippen molar-refractivity contribution < 1.29 is 37.4 Å². The molecule has 2 atom stereocenters. The highest BCUT2D eigenvalue weighted by Gasteiger charge is 2.47. The predicted molar refractivity (Wildman–Crippen MR) is 108 cm³/mol. The molecule has 0 aromatic heterocycles. The van der Waals surface area contributed by atoms with Crippen LogP contribution in [0.3, 0.4) is 0 Å². The summed E-state index contributed by atoms with van der Waals surface area (Å²) in [5.74, 6) is -3.22. The van der Waals surface area contributed by atoms with E-state index < -0.39 is 42.7 Å². The smallest absolute Gasteiger partial charge is 0.417 e. The Labute approximate surface area is 181 Å². The third-order valence-electron chi connectivity index (χ3n) is 5.06. The molecule has 2 unspecified atom stereocenters. The zero-order valence-electron chi connectivity index (χ0n) is 17.0. The maximum absolute atomic E-state index is 13.3. The summed E-state index contributed by atoms with van der Waals surface area (Å²) in [5.41, 5.74) is 3.68. The van der Waals surface area contributed by atoms with Crippen LogP contribution in [0.4, 0.5) is 18.0 Å². The van der Waals surface area contributed by atoms with Crippen molar-refractivity contribution >= 4 is 18.0 Å². The van der Waals surface area contributed by atoms with Crippen LogP contribution < -0.4 is 10.6 Å². The fourth-order valence-corrected chi connectivity index (χ4v) is 3.69. The lowest BCUT2D eigenvalue weighted by Gasteiger charge is -2.23. The minimum atomic E-state index is -5.10. The molecule has 10 heteroatoms. The first-order valence-electron chi connectivity index (χ1n) is 9.78. The van der Waals surface area contributed by atoms with Gasteiger partial charge < -0.3 is 20.5 Å². The number of alkyl halides is 3. The summed E-state index contributed by atoms with van der Waals surface area (Å²) in [6.07, 6.45) is -7.07. The molecule has 0 bridgehead atoms. The Morgan fingerprint density at radius 1 is 1.00 bits per heavy atom. The fourth-order valence-electron chi connectivity index (χ4n) is 3.69. The summed E-state index contributed by atoms with van der Waals surface area (Å²) in [6, 6.07) is 11.0. The second kappa shape index (κ2) is 9.29. The second-order valence-corrected chi connectivity index (χ2v) is 7.45. The minimum Gasteiger partial charge on any atom is -0.481 e. The number of carbonyl (C=O) groups excluding carboxylic acids is 2. The third-order valence-corrected chi connectivity index (χ3v) is 5.06. The predicted octanol–water partition coefficient (Wildman–Crippen LogP) is 3.44. The number of alkyl carbamates (subject to hydrolysis) is 1. The number of hydrogen-bond acceptors (Lipinski definition) is 4. The lowest BCUT2D eigenvalue weighted by molar-refractivity contribution is -0.168. The maximum Gasteiger partial charge on any atom is 0.417 e. The van der Waals surface area contributed by atoms with Gasteiger partial charge in [0.15, 0.2) is 0 Å². The van der Waals surface area contributed by atoms with Crippen molar-refractivity contribution in [3.05, 3.63) is 59.7 Å². The molecule has 2 aromatic rings. The molecule has 3 N–H and O–H groups in total. The van der Waals surface area contributed by atoms with Gasteiger partial charge in [-0.25, -0.2) is 4.79 Å². The highest BCUT2D eigenvalue weighted by atomic mass is 19.4. The molecular formula is C22H21F3N2O5. The molecule has 0 radical (unpaired) electrons. The van der Waals surface area contributed by atoms with E-state index in [1.165, 1.54) is 6.92 Å². The number of aliphatic carboxylic acids is 1. The van der Waals surface area contributed by atoms with E-state index in [1.54, 1.807) is 5.32 Å². The van der Waals surface area contributed by atoms with Crippen molar-refractivity contribution in [3.63, 3.8) is 0 Å². The Balaban J connectivity index is 1.67. The summed E-state index contributed by atoms with van der Waals surface area (Å²) in [4.78, 5) is 34.8. The van der Waals surface area contributed by atoms with Crippen molar-refractivity contribution in [1.82, 2.24) is 10.6 Å². The summed E-state index contributed by atoms with van der Waals surface area (Å²) in [5, 5.41) is 12.2. The molecule has 2 amide bonds. The van der Waals surface area contributed by atoms with Gasteiger partial charge in [0.1, 0.15) is 6.61 Å². The Morgan fingerprint density at radius 2 is 1.53 bits per heavy atom. The van der Waals surface area contributed by atoms with E-state index in [9.17, 15) is 27.6 Å². The topological polar surface area (TPSA) is 105 Å². The zero-order valence-corrected chi connectivity index (χ0v) is 17.0. The lowest BCUT2D eigenvalue weighted by atomic mass is 9.98. The summed E-state index contributed by atoms with van der Waals surface area (Å²) in [6.45, 7) is 1.02. The largest absolute Gasteiger partial charge is 0.481 e. The minimum absolute atomic E-state index is 0.221. The normalized spacial score (nSPS) is 14.6. The molecule has 0 saturated heterocycles. The Bertz CT molecular complexity index is 979. The Hall–Kier alpha value is -3.56. The number of fused-ring (bicyclic) bond motifs is 3. The number of halogens is 3. The molecular weight excluding hydrogens is 429 g/mol. The SMILES string of the molecule is CC(CC(=O)O)NC(=O)C(NC(=O)OCC1c2ccccc2-c2ccccc21)C(F)(F)F. The molecule has 170 valence electrons. The van der Waals surface area contributed by atoms with E-state index in [2.05, 4.69) is 0 Å². The van der Waals surface area contributed by atoms with E-state index >= 15 is 0 Å². The van der Waals surface area contributed by atoms with Crippen LogP contribution in [-0.4, -0.2) is 47.9 Å². The van der Waals surface area contributed by atoms with E-state index in [-0.39, 0.29) is 12.5 Å². The van der Waals surface area contributed by atoms with Gasteiger partial charge in [0.2, 0.25) is 6.04 Å². The molecule has 0 aliphatic heterocycles. The van der Waals surface area contributed by atoms with Crippen LogP contribution in [0.2, 0.25) is 0 Å². The third kappa shape index (κ3) is 5.19. The molecule has 2 aromatic carbocycles. The van der Waals surface area contributed by atoms with Crippen LogP contribution in [0.1, 0.15) is 30.4 Å². The van der Waals surface area contributed by atoms with Gasteiger partial charge in [0.25, 0.3) is 5.91 Å². The first kappa shape index (κ1) is 23.1. The number of carboxylic acids is 1. The lowest BCUT2D eigenvalue weighted by Crippen LogP contribution is -2.56. The van der Waals surface area contributed by atoms with Gasteiger partial charge in [0, 0.05) is 12.0 Å². The van der Waals surface area contributed by atoms with E-state index in [0.29, 0.717) is 0 Å². The van der Waals surface area contributed by atoms with Gasteiger partial charge in [0.05, 0.1) is 6.42 Å². The van der Waals surface area contributed by atoms with Crippen molar-refractivity contribution in [2.45, 2.75) is 37.5 Å². The number of carboxylic acid groups (broad SMARTS) is 1.